The van der Waals surface area contributed by atoms with E-state index >= 15 is 4.39 Å². The van der Waals surface area contributed by atoms with Gasteiger partial charge in [0.05, 0.1) is 23.6 Å². The first-order valence-corrected chi connectivity index (χ1v) is 24.9. The van der Waals surface area contributed by atoms with E-state index in [0.29, 0.717) is 60.4 Å². The number of aliphatic hydroxyl groups is 1. The number of nitrogens with zero attached hydrogens (tertiary/aromatic N) is 2. The molecule has 4 aromatic carbocycles. The van der Waals surface area contributed by atoms with Crippen LogP contribution in [0.4, 0.5) is 15.8 Å². The standard InChI is InChI=1S/C49H56FN5O7S2/c1-31-14-18-34(19-15-31)64(61,62)55-25-24-36-42(30-56)52-41-21-16-32(27-38(41)47(36)55)37-28-33(17-20-40(37)50)51-45(57)13-8-6-4-2-3-5-7-9-26-63-44-12-10-11-35-39(44)29-54(49(35)60)43-22-23-46(58)53-48(43)59/h10-12,14-21,27-28,36,42-43,47,52,56H,2-9,13,22-26,29-30H2,1H3,(H,51,57)(H,53,58,59)/t36-,42+,43?,47-/m1/s1. The topological polar surface area (TPSA) is 165 Å². The molecule has 2 fully saturated rings. The molecule has 4 aliphatic heterocycles. The van der Waals surface area contributed by atoms with Crippen LogP contribution in [0.15, 0.2) is 88.7 Å². The van der Waals surface area contributed by atoms with Gasteiger partial charge >= 0.3 is 0 Å². The van der Waals surface area contributed by atoms with Gasteiger partial charge in [0.2, 0.25) is 27.7 Å². The molecule has 4 atom stereocenters. The molecule has 12 nitrogen and oxygen atoms in total. The molecule has 64 heavy (non-hydrogen) atoms. The molecule has 4 heterocycles. The summed E-state index contributed by atoms with van der Waals surface area (Å²) in [5, 5.41) is 19.0. The number of carbonyl (C=O) groups is 4. The molecule has 338 valence electrons. The van der Waals surface area contributed by atoms with E-state index in [1.807, 2.05) is 37.3 Å². The highest BCUT2D eigenvalue weighted by molar-refractivity contribution is 7.99. The van der Waals surface area contributed by atoms with Crippen molar-refractivity contribution in [2.75, 3.05) is 29.5 Å². The normalized spacial score (nSPS) is 20.7. The summed E-state index contributed by atoms with van der Waals surface area (Å²) >= 11 is 1.75. The summed E-state index contributed by atoms with van der Waals surface area (Å²) in [5.41, 5.74) is 5.32. The number of imide groups is 1. The number of rotatable bonds is 18. The number of hydrogen-bond acceptors (Lipinski definition) is 9. The molecule has 2 saturated heterocycles. The average Bonchev–Trinajstić information content (AvgIpc) is 3.89. The van der Waals surface area contributed by atoms with Gasteiger partial charge in [0.15, 0.2) is 0 Å². The molecule has 15 heteroatoms. The van der Waals surface area contributed by atoms with Gasteiger partial charge in [-0.05, 0) is 110 Å². The Bertz CT molecular complexity index is 2520. The molecule has 0 spiro atoms. The highest BCUT2D eigenvalue weighted by Crippen LogP contribution is 2.49. The minimum Gasteiger partial charge on any atom is -0.394 e. The Morgan fingerprint density at radius 1 is 0.891 bits per heavy atom. The Balaban J connectivity index is 0.770. The zero-order valence-electron chi connectivity index (χ0n) is 36.1. The van der Waals surface area contributed by atoms with Crippen LogP contribution >= 0.6 is 11.8 Å². The number of aliphatic hydroxyl groups excluding tert-OH is 1. The first kappa shape index (κ1) is 45.5. The van der Waals surface area contributed by atoms with Crippen molar-refractivity contribution in [3.05, 3.63) is 107 Å². The second-order valence-corrected chi connectivity index (χ2v) is 20.4. The smallest absolute Gasteiger partial charge is 0.255 e. The third-order valence-electron chi connectivity index (χ3n) is 13.1. The maximum Gasteiger partial charge on any atom is 0.255 e. The number of thioether (sulfide) groups is 1. The Kier molecular flexibility index (Phi) is 14.2. The second kappa shape index (κ2) is 20.0. The maximum atomic E-state index is 15.5. The fourth-order valence-electron chi connectivity index (χ4n) is 9.67. The molecule has 0 bridgehead atoms. The van der Waals surface area contributed by atoms with E-state index in [2.05, 4.69) is 16.0 Å². The number of benzene rings is 4. The predicted octanol–water partition coefficient (Wildman–Crippen LogP) is 8.34. The monoisotopic (exact) mass is 909 g/mol. The van der Waals surface area contributed by atoms with E-state index in [9.17, 15) is 32.7 Å². The molecule has 0 aliphatic carbocycles. The summed E-state index contributed by atoms with van der Waals surface area (Å²) < 4.78 is 45.0. The molecule has 4 amide bonds. The van der Waals surface area contributed by atoms with Crippen molar-refractivity contribution in [3.63, 3.8) is 0 Å². The predicted molar refractivity (Wildman–Crippen MR) is 246 cm³/mol. The van der Waals surface area contributed by atoms with Crippen molar-refractivity contribution in [1.29, 1.82) is 0 Å². The number of unbranched alkanes of at least 4 members (excludes halogenated alkanes) is 7. The summed E-state index contributed by atoms with van der Waals surface area (Å²) in [6.45, 7) is 2.43. The number of carbonyl (C=O) groups excluding carboxylic acids is 4. The van der Waals surface area contributed by atoms with Gasteiger partial charge < -0.3 is 20.6 Å². The fourth-order valence-corrected chi connectivity index (χ4v) is 12.4. The van der Waals surface area contributed by atoms with Gasteiger partial charge in [-0.15, -0.1) is 11.8 Å². The van der Waals surface area contributed by atoms with Crippen molar-refractivity contribution < 1.29 is 37.1 Å². The first-order chi connectivity index (χ1) is 30.9. The van der Waals surface area contributed by atoms with Gasteiger partial charge in [0.1, 0.15) is 11.9 Å². The number of anilines is 2. The van der Waals surface area contributed by atoms with Crippen molar-refractivity contribution >= 4 is 56.8 Å². The Morgan fingerprint density at radius 2 is 1.64 bits per heavy atom. The van der Waals surface area contributed by atoms with Crippen LogP contribution < -0.4 is 16.0 Å². The lowest BCUT2D eigenvalue weighted by Gasteiger charge is -2.39. The van der Waals surface area contributed by atoms with Crippen LogP contribution in [0.1, 0.15) is 110 Å². The van der Waals surface area contributed by atoms with Gasteiger partial charge in [0, 0.05) is 59.2 Å². The Hall–Kier alpha value is -5.09. The summed E-state index contributed by atoms with van der Waals surface area (Å²) in [6, 6.07) is 21.0. The summed E-state index contributed by atoms with van der Waals surface area (Å²) in [6.07, 6.45) is 9.72. The number of hydrogen-bond donors (Lipinski definition) is 4. The van der Waals surface area contributed by atoms with Crippen LogP contribution in [0.2, 0.25) is 0 Å². The van der Waals surface area contributed by atoms with Gasteiger partial charge in [0.25, 0.3) is 5.91 Å². The SMILES string of the molecule is Cc1ccc(S(=O)(=O)N2CC[C@@H]3[C@H](CO)Nc4ccc(-c5cc(NC(=O)CCCCCCCCCCSc6cccc7c6CN(C6CCC(=O)NC6=O)C7=O)ccc5F)cc4[C@@H]32)cc1. The van der Waals surface area contributed by atoms with Gasteiger partial charge in [-0.3, -0.25) is 24.5 Å². The largest absolute Gasteiger partial charge is 0.394 e. The molecule has 4 aliphatic rings. The number of sulfonamides is 1. The summed E-state index contributed by atoms with van der Waals surface area (Å²) in [7, 11) is -3.86. The van der Waals surface area contributed by atoms with Crippen molar-refractivity contribution in [3.8, 4) is 11.1 Å². The maximum absolute atomic E-state index is 15.5. The molecule has 0 radical (unpaired) electrons. The fraction of sp³-hybridized carbons (Fsp3) is 0.429. The zero-order valence-corrected chi connectivity index (χ0v) is 37.7. The number of nitrogens with one attached hydrogen (secondary N) is 3. The Labute approximate surface area is 378 Å². The molecule has 1 unspecified atom stereocenters. The second-order valence-electron chi connectivity index (χ2n) is 17.4. The molecular weight excluding hydrogens is 854 g/mol. The van der Waals surface area contributed by atoms with E-state index in [-0.39, 0.29) is 47.6 Å². The minimum absolute atomic E-state index is 0.136. The van der Waals surface area contributed by atoms with E-state index in [1.165, 1.54) is 10.4 Å². The van der Waals surface area contributed by atoms with E-state index < -0.39 is 33.8 Å². The third kappa shape index (κ3) is 9.77. The highest BCUT2D eigenvalue weighted by atomic mass is 32.2. The highest BCUT2D eigenvalue weighted by Gasteiger charge is 2.48. The van der Waals surface area contributed by atoms with Crippen LogP contribution in [0, 0.1) is 18.7 Å². The van der Waals surface area contributed by atoms with Crippen LogP contribution in [0.3, 0.4) is 0 Å². The summed E-state index contributed by atoms with van der Waals surface area (Å²) in [4.78, 5) is 53.0. The number of piperidine rings is 1. The van der Waals surface area contributed by atoms with E-state index in [4.69, 9.17) is 0 Å². The minimum atomic E-state index is -3.86. The van der Waals surface area contributed by atoms with Crippen LogP contribution in [-0.4, -0.2) is 77.3 Å². The molecule has 8 rings (SSSR count). The molecule has 0 aromatic heterocycles. The summed E-state index contributed by atoms with van der Waals surface area (Å²) in [5.74, 6) is -0.685. The molecule has 4 aromatic rings. The number of aryl methyl sites for hydroxylation is 1. The quantitative estimate of drug-likeness (QED) is 0.0437. The number of fused-ring (bicyclic) bond motifs is 4. The Morgan fingerprint density at radius 3 is 2.39 bits per heavy atom. The van der Waals surface area contributed by atoms with Gasteiger partial charge in [-0.25, -0.2) is 12.8 Å². The third-order valence-corrected chi connectivity index (χ3v) is 16.2. The number of amides is 4. The molecule has 4 N–H and O–H groups in total. The van der Waals surface area contributed by atoms with Gasteiger partial charge in [-0.1, -0.05) is 68.4 Å². The lowest BCUT2D eigenvalue weighted by Crippen LogP contribution is -2.52. The van der Waals surface area contributed by atoms with Crippen LogP contribution in [0.5, 0.6) is 0 Å². The van der Waals surface area contributed by atoms with Gasteiger partial charge in [-0.2, -0.15) is 4.31 Å². The lowest BCUT2D eigenvalue weighted by molar-refractivity contribution is -0.137. The molecule has 0 saturated carbocycles. The van der Waals surface area contributed by atoms with E-state index in [1.54, 1.807) is 59.1 Å². The zero-order chi connectivity index (χ0) is 45.0. The molecular formula is C49H56FN5O7S2. The van der Waals surface area contributed by atoms with Crippen molar-refractivity contribution in [1.82, 2.24) is 14.5 Å². The first-order valence-electron chi connectivity index (χ1n) is 22.5. The van der Waals surface area contributed by atoms with Crippen molar-refractivity contribution in [2.24, 2.45) is 5.92 Å². The lowest BCUT2D eigenvalue weighted by atomic mass is 9.82. The van der Waals surface area contributed by atoms with Crippen molar-refractivity contribution in [2.45, 2.75) is 118 Å². The van der Waals surface area contributed by atoms with E-state index in [0.717, 1.165) is 78.7 Å². The number of halogens is 1. The average molecular weight is 910 g/mol. The van der Waals surface area contributed by atoms with Crippen LogP contribution in [-0.2, 0) is 31.0 Å². The van der Waals surface area contributed by atoms with Crippen LogP contribution in [0.25, 0.3) is 11.1 Å².